The number of anilines is 5. The molecule has 0 bridgehead atoms. The van der Waals surface area contributed by atoms with Crippen LogP contribution in [0.2, 0.25) is 5.02 Å². The predicted octanol–water partition coefficient (Wildman–Crippen LogP) is 4.95. The van der Waals surface area contributed by atoms with Crippen molar-refractivity contribution in [2.45, 2.75) is 6.04 Å². The summed E-state index contributed by atoms with van der Waals surface area (Å²) in [6.07, 6.45) is 2.61. The van der Waals surface area contributed by atoms with Crippen molar-refractivity contribution in [2.75, 3.05) is 70.8 Å². The molecular formula is C28H36ClN6O5P. The van der Waals surface area contributed by atoms with Gasteiger partial charge in [0.05, 0.1) is 43.0 Å². The first-order valence-corrected chi connectivity index (χ1v) is 15.6. The fourth-order valence-electron chi connectivity index (χ4n) is 3.77. The van der Waals surface area contributed by atoms with Crippen molar-refractivity contribution in [3.05, 3.63) is 60.3 Å². The number of rotatable bonds is 14. The number of benzene rings is 2. The molecule has 3 rings (SSSR count). The topological polar surface area (TPSA) is 127 Å². The maximum atomic E-state index is 12.8. The number of aromatic nitrogens is 2. The number of nitrogens with one attached hydrogen (secondary N) is 3. The SMILES string of the molecule is C=CC(=O)Nc1cc(Nc2ncc(Cl)c(Nc3ccccc3P(C)(C)=O)n2)c(OC)cc1OCC(COC)N(C)C. The minimum Gasteiger partial charge on any atom is -0.494 e. The lowest BCUT2D eigenvalue weighted by molar-refractivity contribution is -0.111. The molecule has 1 amide bonds. The van der Waals surface area contributed by atoms with Crippen LogP contribution in [-0.2, 0) is 14.1 Å². The summed E-state index contributed by atoms with van der Waals surface area (Å²) in [4.78, 5) is 23.0. The average molecular weight is 603 g/mol. The monoisotopic (exact) mass is 602 g/mol. The summed E-state index contributed by atoms with van der Waals surface area (Å²) in [7, 11) is 4.42. The van der Waals surface area contributed by atoms with E-state index in [9.17, 15) is 9.36 Å². The number of hydrogen-bond acceptors (Lipinski definition) is 10. The summed E-state index contributed by atoms with van der Waals surface area (Å²) >= 11 is 6.40. The van der Waals surface area contributed by atoms with Crippen LogP contribution >= 0.6 is 18.7 Å². The number of methoxy groups -OCH3 is 2. The van der Waals surface area contributed by atoms with Crippen LogP contribution in [-0.4, -0.2) is 81.7 Å². The zero-order valence-electron chi connectivity index (χ0n) is 24.0. The molecule has 0 aliphatic rings. The second kappa shape index (κ2) is 14.3. The highest BCUT2D eigenvalue weighted by Crippen LogP contribution is 2.40. The normalized spacial score (nSPS) is 12.0. The molecule has 0 spiro atoms. The second-order valence-electron chi connectivity index (χ2n) is 9.63. The van der Waals surface area contributed by atoms with Crippen molar-refractivity contribution in [1.82, 2.24) is 14.9 Å². The van der Waals surface area contributed by atoms with E-state index >= 15 is 0 Å². The first kappa shape index (κ1) is 31.9. The van der Waals surface area contributed by atoms with E-state index in [0.717, 1.165) is 6.08 Å². The lowest BCUT2D eigenvalue weighted by Crippen LogP contribution is -2.37. The van der Waals surface area contributed by atoms with Crippen LogP contribution in [0.4, 0.5) is 28.8 Å². The molecule has 0 aliphatic carbocycles. The van der Waals surface area contributed by atoms with Crippen LogP contribution in [0.5, 0.6) is 11.5 Å². The number of nitrogens with zero attached hydrogens (tertiary/aromatic N) is 3. The van der Waals surface area contributed by atoms with E-state index in [1.54, 1.807) is 38.6 Å². The molecule has 1 heterocycles. The molecule has 1 unspecified atom stereocenters. The van der Waals surface area contributed by atoms with Gasteiger partial charge in [0.1, 0.15) is 30.3 Å². The van der Waals surface area contributed by atoms with Gasteiger partial charge in [-0.05, 0) is 51.7 Å². The van der Waals surface area contributed by atoms with Gasteiger partial charge in [0, 0.05) is 18.5 Å². The van der Waals surface area contributed by atoms with E-state index < -0.39 is 13.0 Å². The highest BCUT2D eigenvalue weighted by atomic mass is 35.5. The molecule has 0 saturated carbocycles. The van der Waals surface area contributed by atoms with Gasteiger partial charge < -0.3 is 39.6 Å². The van der Waals surface area contributed by atoms with Gasteiger partial charge in [-0.25, -0.2) is 4.98 Å². The maximum absolute atomic E-state index is 12.8. The minimum absolute atomic E-state index is 0.0282. The van der Waals surface area contributed by atoms with Crippen molar-refractivity contribution in [3.63, 3.8) is 0 Å². The quantitative estimate of drug-likeness (QED) is 0.172. The van der Waals surface area contributed by atoms with Gasteiger partial charge in [-0.3, -0.25) is 4.79 Å². The van der Waals surface area contributed by atoms with Crippen LogP contribution in [0.15, 0.2) is 55.3 Å². The fourth-order valence-corrected chi connectivity index (χ4v) is 5.06. The molecule has 1 aromatic heterocycles. The van der Waals surface area contributed by atoms with Gasteiger partial charge in [-0.1, -0.05) is 30.3 Å². The third kappa shape index (κ3) is 8.68. The molecule has 13 heteroatoms. The molecule has 3 N–H and O–H groups in total. The van der Waals surface area contributed by atoms with E-state index in [1.807, 2.05) is 37.2 Å². The van der Waals surface area contributed by atoms with Crippen molar-refractivity contribution < 1.29 is 23.6 Å². The van der Waals surface area contributed by atoms with Crippen LogP contribution in [0, 0.1) is 0 Å². The first-order chi connectivity index (χ1) is 19.5. The Morgan fingerprint density at radius 3 is 2.46 bits per heavy atom. The second-order valence-corrected chi connectivity index (χ2v) is 13.2. The van der Waals surface area contributed by atoms with Crippen molar-refractivity contribution in [1.29, 1.82) is 0 Å². The molecule has 0 radical (unpaired) electrons. The van der Waals surface area contributed by atoms with Crippen LogP contribution in [0.3, 0.4) is 0 Å². The van der Waals surface area contributed by atoms with Crippen LogP contribution in [0.1, 0.15) is 0 Å². The third-order valence-corrected chi connectivity index (χ3v) is 7.82. The number of carbonyl (C=O) groups excluding carboxylic acids is 1. The zero-order chi connectivity index (χ0) is 30.2. The molecule has 1 atom stereocenters. The average Bonchev–Trinajstić information content (AvgIpc) is 2.93. The minimum atomic E-state index is -2.58. The molecule has 41 heavy (non-hydrogen) atoms. The molecule has 0 saturated heterocycles. The van der Waals surface area contributed by atoms with Gasteiger partial charge in [0.15, 0.2) is 5.82 Å². The highest BCUT2D eigenvalue weighted by molar-refractivity contribution is 7.70. The molecule has 0 aliphatic heterocycles. The number of carbonyl (C=O) groups is 1. The summed E-state index contributed by atoms with van der Waals surface area (Å²) in [5.74, 6) is 0.915. The van der Waals surface area contributed by atoms with Gasteiger partial charge in [-0.15, -0.1) is 0 Å². The Kier molecular flexibility index (Phi) is 11.1. The first-order valence-electron chi connectivity index (χ1n) is 12.6. The zero-order valence-corrected chi connectivity index (χ0v) is 25.7. The fraction of sp³-hybridized carbons (Fsp3) is 0.321. The lowest BCUT2D eigenvalue weighted by atomic mass is 10.2. The van der Waals surface area contributed by atoms with Gasteiger partial charge in [0.25, 0.3) is 0 Å². The van der Waals surface area contributed by atoms with E-state index in [-0.39, 0.29) is 17.0 Å². The highest BCUT2D eigenvalue weighted by Gasteiger charge is 2.20. The summed E-state index contributed by atoms with van der Waals surface area (Å²) in [5.41, 5.74) is 1.47. The smallest absolute Gasteiger partial charge is 0.247 e. The molecule has 220 valence electrons. The molecule has 0 fully saturated rings. The number of hydrogen-bond donors (Lipinski definition) is 3. The Labute approximate surface area is 245 Å². The van der Waals surface area contributed by atoms with Crippen LogP contribution < -0.4 is 30.7 Å². The summed E-state index contributed by atoms with van der Waals surface area (Å²) in [6, 6.07) is 10.6. The Morgan fingerprint density at radius 1 is 1.10 bits per heavy atom. The van der Waals surface area contributed by atoms with Crippen molar-refractivity contribution in [3.8, 4) is 11.5 Å². The molecule has 3 aromatic rings. The van der Waals surface area contributed by atoms with E-state index in [0.29, 0.717) is 52.9 Å². The predicted molar refractivity (Wildman–Crippen MR) is 166 cm³/mol. The maximum Gasteiger partial charge on any atom is 0.247 e. The number of halogens is 1. The third-order valence-electron chi connectivity index (χ3n) is 5.99. The van der Waals surface area contributed by atoms with Gasteiger partial charge in [0.2, 0.25) is 11.9 Å². The summed E-state index contributed by atoms with van der Waals surface area (Å²) in [5, 5.41) is 10.0. The van der Waals surface area contributed by atoms with E-state index in [2.05, 4.69) is 32.5 Å². The number of para-hydroxylation sites is 1. The molecular weight excluding hydrogens is 567 g/mol. The largest absolute Gasteiger partial charge is 0.494 e. The Bertz CT molecular complexity index is 1430. The molecule has 2 aromatic carbocycles. The number of amides is 1. The van der Waals surface area contributed by atoms with Crippen LogP contribution in [0.25, 0.3) is 0 Å². The number of ether oxygens (including phenoxy) is 3. The van der Waals surface area contributed by atoms with Crippen molar-refractivity contribution >= 4 is 58.8 Å². The van der Waals surface area contributed by atoms with E-state index in [4.69, 9.17) is 25.8 Å². The summed E-state index contributed by atoms with van der Waals surface area (Å²) < 4.78 is 29.8. The Balaban J connectivity index is 1.95. The number of likely N-dealkylation sites (N-methyl/N-ethyl adjacent to an activating group) is 1. The van der Waals surface area contributed by atoms with E-state index in [1.165, 1.54) is 13.3 Å². The standard InChI is InChI=1S/C28H36ClN6O5P/c1-8-26(36)31-22-13-21(23(39-5)14-24(22)40-17-18(16-38-4)35(2)3)33-28-30-15-19(29)27(34-28)32-20-11-9-10-12-25(20)41(6,7)37/h8-15,18H,1,16-17H2,2-7H3,(H,31,36)(H2,30,32,33,34). The van der Waals surface area contributed by atoms with Gasteiger partial charge in [-0.2, -0.15) is 4.98 Å². The molecule has 11 nitrogen and oxygen atoms in total. The Hall–Kier alpha value is -3.63. The van der Waals surface area contributed by atoms with Crippen molar-refractivity contribution in [2.24, 2.45) is 0 Å². The lowest BCUT2D eigenvalue weighted by Gasteiger charge is -2.24. The summed E-state index contributed by atoms with van der Waals surface area (Å²) in [6.45, 7) is 7.68. The Morgan fingerprint density at radius 2 is 1.83 bits per heavy atom. The van der Waals surface area contributed by atoms with Gasteiger partial charge >= 0.3 is 0 Å².